The van der Waals surface area contributed by atoms with E-state index >= 15 is 0 Å². The summed E-state index contributed by atoms with van der Waals surface area (Å²) in [5.74, 6) is -1.03. The minimum Gasteiger partial charge on any atom is -0.460 e. The van der Waals surface area contributed by atoms with Gasteiger partial charge in [0.15, 0.2) is 0 Å². The summed E-state index contributed by atoms with van der Waals surface area (Å²) in [4.78, 5) is 28.7. The Morgan fingerprint density at radius 2 is 1.83 bits per heavy atom. The molecule has 30 heavy (non-hydrogen) atoms. The molecule has 0 bridgehead atoms. The highest BCUT2D eigenvalue weighted by atomic mass is 16.5. The van der Waals surface area contributed by atoms with Crippen LogP contribution < -0.4 is 0 Å². The molecule has 4 aromatic rings. The van der Waals surface area contributed by atoms with Crippen molar-refractivity contribution in [2.75, 3.05) is 6.61 Å². The first-order valence-corrected chi connectivity index (χ1v) is 9.41. The van der Waals surface area contributed by atoms with E-state index in [1.165, 1.54) is 6.33 Å². The van der Waals surface area contributed by atoms with Crippen molar-refractivity contribution < 1.29 is 23.5 Å². The van der Waals surface area contributed by atoms with Gasteiger partial charge in [-0.3, -0.25) is 0 Å². The molecule has 2 heterocycles. The predicted molar refractivity (Wildman–Crippen MR) is 107 cm³/mol. The largest absolute Gasteiger partial charge is 0.460 e. The quantitative estimate of drug-likeness (QED) is 0.433. The van der Waals surface area contributed by atoms with Crippen molar-refractivity contribution in [1.82, 2.24) is 14.8 Å². The Kier molecular flexibility index (Phi) is 5.56. The maximum atomic E-state index is 12.5. The van der Waals surface area contributed by atoms with E-state index < -0.39 is 11.9 Å². The standard InChI is InChI=1S/C22H19N3O5/c1-2-28-22(27)20-18(17-5-3-4-6-19(17)30-20)12-29-21(26)16-9-7-15(8-10-16)11-25-14-23-13-24-25/h3-10,13-14H,2,11-12H2,1H3. The average molecular weight is 405 g/mol. The minimum absolute atomic E-state index is 0.0500. The molecular formula is C22H19N3O5. The lowest BCUT2D eigenvalue weighted by Gasteiger charge is -2.07. The summed E-state index contributed by atoms with van der Waals surface area (Å²) in [5, 5.41) is 4.76. The van der Waals surface area contributed by atoms with E-state index in [1.807, 2.05) is 24.3 Å². The van der Waals surface area contributed by atoms with E-state index in [4.69, 9.17) is 13.9 Å². The number of esters is 2. The maximum Gasteiger partial charge on any atom is 0.374 e. The van der Waals surface area contributed by atoms with Crippen LogP contribution in [0.4, 0.5) is 0 Å². The number of furan rings is 1. The molecule has 8 nitrogen and oxygen atoms in total. The minimum atomic E-state index is -0.586. The molecule has 0 N–H and O–H groups in total. The second-order valence-electron chi connectivity index (χ2n) is 6.49. The van der Waals surface area contributed by atoms with Gasteiger partial charge < -0.3 is 13.9 Å². The zero-order valence-electron chi connectivity index (χ0n) is 16.3. The predicted octanol–water partition coefficient (Wildman–Crippen LogP) is 3.61. The van der Waals surface area contributed by atoms with Gasteiger partial charge in [-0.1, -0.05) is 30.3 Å². The van der Waals surface area contributed by atoms with E-state index in [9.17, 15) is 9.59 Å². The van der Waals surface area contributed by atoms with Crippen molar-refractivity contribution in [3.63, 3.8) is 0 Å². The van der Waals surface area contributed by atoms with E-state index in [-0.39, 0.29) is 19.0 Å². The summed E-state index contributed by atoms with van der Waals surface area (Å²) >= 11 is 0. The Labute approximate surface area is 172 Å². The van der Waals surface area contributed by atoms with Gasteiger partial charge in [-0.15, -0.1) is 0 Å². The first kappa shape index (κ1) is 19.4. The normalized spacial score (nSPS) is 10.8. The molecule has 0 fully saturated rings. The average Bonchev–Trinajstić information content (AvgIpc) is 3.40. The fourth-order valence-corrected chi connectivity index (χ4v) is 3.07. The molecule has 0 amide bonds. The smallest absolute Gasteiger partial charge is 0.374 e. The fourth-order valence-electron chi connectivity index (χ4n) is 3.07. The molecule has 152 valence electrons. The highest BCUT2D eigenvalue weighted by Crippen LogP contribution is 2.27. The molecule has 0 atom stereocenters. The molecule has 0 aliphatic rings. The highest BCUT2D eigenvalue weighted by Gasteiger charge is 2.23. The van der Waals surface area contributed by atoms with Crippen molar-refractivity contribution in [3.8, 4) is 0 Å². The first-order chi connectivity index (χ1) is 14.7. The summed E-state index contributed by atoms with van der Waals surface area (Å²) in [6.45, 7) is 2.38. The number of benzene rings is 2. The number of fused-ring (bicyclic) bond motifs is 1. The number of rotatable bonds is 7. The van der Waals surface area contributed by atoms with Gasteiger partial charge in [0.05, 0.1) is 24.3 Å². The van der Waals surface area contributed by atoms with Gasteiger partial charge in [0, 0.05) is 5.39 Å². The number of carbonyl (C=O) groups is 2. The van der Waals surface area contributed by atoms with Gasteiger partial charge >= 0.3 is 11.9 Å². The van der Waals surface area contributed by atoms with Crippen LogP contribution in [0.3, 0.4) is 0 Å². The Morgan fingerprint density at radius 3 is 2.57 bits per heavy atom. The first-order valence-electron chi connectivity index (χ1n) is 9.41. The van der Waals surface area contributed by atoms with Crippen LogP contribution in [-0.4, -0.2) is 33.3 Å². The fraction of sp³-hybridized carbons (Fsp3) is 0.182. The number of hydrogen-bond acceptors (Lipinski definition) is 7. The van der Waals surface area contributed by atoms with Gasteiger partial charge in [-0.05, 0) is 30.7 Å². The Hall–Kier alpha value is -3.94. The molecule has 0 aliphatic carbocycles. The number of hydrogen-bond donors (Lipinski definition) is 0. The molecule has 0 spiro atoms. The third-order valence-corrected chi connectivity index (χ3v) is 4.51. The molecule has 2 aromatic carbocycles. The number of aromatic nitrogens is 3. The summed E-state index contributed by atoms with van der Waals surface area (Å²) in [7, 11) is 0. The molecule has 0 aliphatic heterocycles. The van der Waals surface area contributed by atoms with E-state index in [0.717, 1.165) is 5.56 Å². The summed E-state index contributed by atoms with van der Waals surface area (Å²) in [6, 6.07) is 14.2. The van der Waals surface area contributed by atoms with Crippen molar-refractivity contribution >= 4 is 22.9 Å². The van der Waals surface area contributed by atoms with Gasteiger partial charge in [0.1, 0.15) is 24.8 Å². The number of nitrogens with zero attached hydrogens (tertiary/aromatic N) is 3. The van der Waals surface area contributed by atoms with Crippen LogP contribution >= 0.6 is 0 Å². The zero-order chi connectivity index (χ0) is 20.9. The Morgan fingerprint density at radius 1 is 1.03 bits per heavy atom. The highest BCUT2D eigenvalue weighted by molar-refractivity contribution is 5.96. The van der Waals surface area contributed by atoms with Gasteiger partial charge in [0.25, 0.3) is 0 Å². The topological polar surface area (TPSA) is 96.5 Å². The summed E-state index contributed by atoms with van der Waals surface area (Å²) in [5.41, 5.74) is 2.40. The van der Waals surface area contributed by atoms with Crippen LogP contribution in [0, 0.1) is 0 Å². The van der Waals surface area contributed by atoms with Crippen LogP contribution in [0.15, 0.2) is 65.6 Å². The van der Waals surface area contributed by atoms with Crippen molar-refractivity contribution in [2.24, 2.45) is 0 Å². The van der Waals surface area contributed by atoms with Gasteiger partial charge in [-0.2, -0.15) is 5.10 Å². The molecule has 0 unspecified atom stereocenters. The Balaban J connectivity index is 1.49. The van der Waals surface area contributed by atoms with Crippen molar-refractivity contribution in [3.05, 3.63) is 83.6 Å². The van der Waals surface area contributed by atoms with Crippen LogP contribution in [0.2, 0.25) is 0 Å². The molecular weight excluding hydrogens is 386 g/mol. The van der Waals surface area contributed by atoms with Crippen LogP contribution in [0.25, 0.3) is 11.0 Å². The number of ether oxygens (including phenoxy) is 2. The van der Waals surface area contributed by atoms with Crippen LogP contribution in [0.5, 0.6) is 0 Å². The van der Waals surface area contributed by atoms with Crippen molar-refractivity contribution in [2.45, 2.75) is 20.1 Å². The van der Waals surface area contributed by atoms with Gasteiger partial charge in [0.2, 0.25) is 5.76 Å². The summed E-state index contributed by atoms with van der Waals surface area (Å²) < 4.78 is 17.8. The lowest BCUT2D eigenvalue weighted by atomic mass is 10.1. The monoisotopic (exact) mass is 405 g/mol. The SMILES string of the molecule is CCOC(=O)c1oc2ccccc2c1COC(=O)c1ccc(Cn2cncn2)cc1. The van der Waals surface area contributed by atoms with Crippen LogP contribution in [0.1, 0.15) is 39.0 Å². The third kappa shape index (κ3) is 4.07. The molecule has 0 saturated heterocycles. The number of para-hydroxylation sites is 1. The lowest BCUT2D eigenvalue weighted by Crippen LogP contribution is -2.10. The van der Waals surface area contributed by atoms with Crippen LogP contribution in [-0.2, 0) is 22.6 Å². The maximum absolute atomic E-state index is 12.5. The van der Waals surface area contributed by atoms with E-state index in [1.54, 1.807) is 42.2 Å². The molecule has 0 saturated carbocycles. The molecule has 8 heteroatoms. The third-order valence-electron chi connectivity index (χ3n) is 4.51. The number of carbonyl (C=O) groups excluding carboxylic acids is 2. The van der Waals surface area contributed by atoms with Crippen molar-refractivity contribution in [1.29, 1.82) is 0 Å². The molecule has 4 rings (SSSR count). The van der Waals surface area contributed by atoms with E-state index in [0.29, 0.717) is 28.6 Å². The second-order valence-corrected chi connectivity index (χ2v) is 6.49. The lowest BCUT2D eigenvalue weighted by molar-refractivity contribution is 0.0435. The van der Waals surface area contributed by atoms with Gasteiger partial charge in [-0.25, -0.2) is 19.3 Å². The zero-order valence-corrected chi connectivity index (χ0v) is 16.3. The Bertz CT molecular complexity index is 1160. The molecule has 2 aromatic heterocycles. The summed E-state index contributed by atoms with van der Waals surface area (Å²) in [6.07, 6.45) is 3.09. The van der Waals surface area contributed by atoms with E-state index in [2.05, 4.69) is 10.1 Å². The second kappa shape index (κ2) is 8.60. The molecule has 0 radical (unpaired) electrons.